The van der Waals surface area contributed by atoms with E-state index in [-0.39, 0.29) is 0 Å². The van der Waals surface area contributed by atoms with Crippen LogP contribution in [0.1, 0.15) is 18.1 Å². The molecular weight excluding hydrogens is 384 g/mol. The normalized spacial score (nSPS) is 11.5. The number of terminal acetylenes is 1. The highest BCUT2D eigenvalue weighted by Crippen LogP contribution is 2.31. The predicted octanol–water partition coefficient (Wildman–Crippen LogP) is 4.63. The van der Waals surface area contributed by atoms with Gasteiger partial charge in [-0.2, -0.15) is 0 Å². The smallest absolute Gasteiger partial charge is 0.120 e. The molecule has 1 aromatic heterocycles. The Morgan fingerprint density at radius 2 is 1.74 bits per heavy atom. The number of nitrogens with one attached hydrogen (secondary N) is 1. The van der Waals surface area contributed by atoms with Crippen molar-refractivity contribution in [2.45, 2.75) is 19.6 Å². The summed E-state index contributed by atoms with van der Waals surface area (Å²) in [4.78, 5) is 0. The molecule has 0 saturated heterocycles. The Bertz CT molecular complexity index is 1350. The lowest BCUT2D eigenvalue weighted by atomic mass is 10.1. The van der Waals surface area contributed by atoms with Crippen LogP contribution in [0.5, 0.6) is 5.75 Å². The van der Waals surface area contributed by atoms with Crippen molar-refractivity contribution < 1.29 is 9.84 Å². The number of anilines is 1. The number of aromatic nitrogens is 1. The van der Waals surface area contributed by atoms with Crippen molar-refractivity contribution >= 4 is 27.5 Å². The first-order chi connectivity index (χ1) is 15.1. The van der Waals surface area contributed by atoms with Crippen molar-refractivity contribution in [3.8, 4) is 29.9 Å². The van der Waals surface area contributed by atoms with Crippen LogP contribution in [0, 0.1) is 24.2 Å². The maximum Gasteiger partial charge on any atom is 0.120 e. The maximum absolute atomic E-state index is 10.8. The summed E-state index contributed by atoms with van der Waals surface area (Å²) >= 11 is 0. The van der Waals surface area contributed by atoms with Crippen molar-refractivity contribution in [1.82, 2.24) is 4.57 Å². The molecule has 4 aromatic rings. The molecule has 0 fully saturated rings. The number of nitrogens with zero attached hydrogens (tertiary/aromatic N) is 1. The highest BCUT2D eigenvalue weighted by atomic mass is 16.5. The summed E-state index contributed by atoms with van der Waals surface area (Å²) in [5, 5.41) is 16.2. The van der Waals surface area contributed by atoms with Gasteiger partial charge in [0.15, 0.2) is 0 Å². The minimum absolute atomic E-state index is 0.413. The van der Waals surface area contributed by atoms with Gasteiger partial charge in [-0.15, -0.1) is 12.3 Å². The SMILES string of the molecule is C#Cc1ccc2c(c1)c1cc(C#CC)ccc1n2CC(O)CNc1cccc(OC)c1. The minimum Gasteiger partial charge on any atom is -0.497 e. The summed E-state index contributed by atoms with van der Waals surface area (Å²) in [6.07, 6.45) is 5.04. The second-order valence-electron chi connectivity index (χ2n) is 7.36. The average Bonchev–Trinajstić information content (AvgIpc) is 3.10. The van der Waals surface area contributed by atoms with E-state index in [1.54, 1.807) is 7.11 Å². The fraction of sp³-hybridized carbons (Fsp3) is 0.185. The Morgan fingerprint density at radius 3 is 2.42 bits per heavy atom. The van der Waals surface area contributed by atoms with Crippen molar-refractivity contribution in [2.24, 2.45) is 0 Å². The van der Waals surface area contributed by atoms with Crippen molar-refractivity contribution in [3.63, 3.8) is 0 Å². The molecule has 0 bridgehead atoms. The summed E-state index contributed by atoms with van der Waals surface area (Å²) in [5.41, 5.74) is 4.78. The van der Waals surface area contributed by atoms with Crippen LogP contribution in [-0.2, 0) is 6.54 Å². The standard InChI is InChI=1S/C27H24N2O2/c1-4-7-20-11-13-27-25(15-20)24-14-19(5-2)10-12-26(24)29(27)18-22(30)17-28-21-8-6-9-23(16-21)31-3/h2,6,8-16,22,28,30H,17-18H2,1,3H3. The van der Waals surface area contributed by atoms with E-state index >= 15 is 0 Å². The molecule has 4 nitrogen and oxygen atoms in total. The molecular formula is C27H24N2O2. The second kappa shape index (κ2) is 8.88. The van der Waals surface area contributed by atoms with E-state index in [1.165, 1.54) is 0 Å². The van der Waals surface area contributed by atoms with Gasteiger partial charge >= 0.3 is 0 Å². The number of benzene rings is 3. The molecule has 1 heterocycles. The third-order valence-electron chi connectivity index (χ3n) is 5.31. The molecule has 0 radical (unpaired) electrons. The van der Waals surface area contributed by atoms with Crippen molar-refractivity contribution in [1.29, 1.82) is 0 Å². The molecule has 0 spiro atoms. The van der Waals surface area contributed by atoms with Gasteiger partial charge in [-0.05, 0) is 55.5 Å². The summed E-state index contributed by atoms with van der Waals surface area (Å²) in [7, 11) is 1.64. The number of hydrogen-bond donors (Lipinski definition) is 2. The van der Waals surface area contributed by atoms with Crippen LogP contribution in [0.4, 0.5) is 5.69 Å². The molecule has 31 heavy (non-hydrogen) atoms. The summed E-state index contributed by atoms with van der Waals surface area (Å²) < 4.78 is 7.40. The van der Waals surface area contributed by atoms with E-state index < -0.39 is 6.10 Å². The summed E-state index contributed by atoms with van der Waals surface area (Å²) in [5.74, 6) is 9.56. The molecule has 4 rings (SSSR count). The van der Waals surface area contributed by atoms with E-state index in [2.05, 4.69) is 39.8 Å². The topological polar surface area (TPSA) is 46.4 Å². The average molecular weight is 409 g/mol. The van der Waals surface area contributed by atoms with E-state index in [4.69, 9.17) is 11.2 Å². The Balaban J connectivity index is 1.66. The number of aliphatic hydroxyl groups excluding tert-OH is 1. The van der Waals surface area contributed by atoms with Gasteiger partial charge < -0.3 is 19.7 Å². The summed E-state index contributed by atoms with van der Waals surface area (Å²) in [6.45, 7) is 2.69. The maximum atomic E-state index is 10.8. The first-order valence-corrected chi connectivity index (χ1v) is 10.1. The van der Waals surface area contributed by atoms with Crippen LogP contribution in [-0.4, -0.2) is 29.4 Å². The number of methoxy groups -OCH3 is 1. The molecule has 2 N–H and O–H groups in total. The molecule has 4 heteroatoms. The molecule has 1 unspecified atom stereocenters. The number of rotatable bonds is 6. The van der Waals surface area contributed by atoms with Gasteiger partial charge in [0, 0.05) is 51.2 Å². The third-order valence-corrected chi connectivity index (χ3v) is 5.31. The minimum atomic E-state index is -0.590. The lowest BCUT2D eigenvalue weighted by Crippen LogP contribution is -2.24. The van der Waals surface area contributed by atoms with Crippen LogP contribution < -0.4 is 10.1 Å². The number of fused-ring (bicyclic) bond motifs is 3. The quantitative estimate of drug-likeness (QED) is 0.457. The monoisotopic (exact) mass is 408 g/mol. The zero-order valence-corrected chi connectivity index (χ0v) is 17.6. The fourth-order valence-corrected chi connectivity index (χ4v) is 3.86. The van der Waals surface area contributed by atoms with E-state index in [9.17, 15) is 5.11 Å². The molecule has 154 valence electrons. The van der Waals surface area contributed by atoms with Crippen molar-refractivity contribution in [3.05, 3.63) is 71.8 Å². The van der Waals surface area contributed by atoms with Gasteiger partial charge in [0.25, 0.3) is 0 Å². The van der Waals surface area contributed by atoms with Crippen LogP contribution in [0.15, 0.2) is 60.7 Å². The van der Waals surface area contributed by atoms with Crippen LogP contribution in [0.25, 0.3) is 21.8 Å². The fourth-order valence-electron chi connectivity index (χ4n) is 3.86. The second-order valence-corrected chi connectivity index (χ2v) is 7.36. The van der Waals surface area contributed by atoms with Crippen molar-refractivity contribution in [2.75, 3.05) is 19.0 Å². The lowest BCUT2D eigenvalue weighted by molar-refractivity contribution is 0.169. The molecule has 3 aromatic carbocycles. The molecule has 0 aliphatic carbocycles. The molecule has 0 amide bonds. The Hall–Kier alpha value is -3.86. The first-order valence-electron chi connectivity index (χ1n) is 10.1. The molecule has 0 aliphatic rings. The highest BCUT2D eigenvalue weighted by Gasteiger charge is 2.15. The Kier molecular flexibility index (Phi) is 5.85. The Morgan fingerprint density at radius 1 is 1.03 bits per heavy atom. The number of ether oxygens (including phenoxy) is 1. The van der Waals surface area contributed by atoms with E-state index in [0.29, 0.717) is 13.1 Å². The zero-order chi connectivity index (χ0) is 21.8. The zero-order valence-electron chi connectivity index (χ0n) is 17.6. The number of aliphatic hydroxyl groups is 1. The van der Waals surface area contributed by atoms with E-state index in [0.717, 1.165) is 44.4 Å². The van der Waals surface area contributed by atoms with Gasteiger partial charge in [0.1, 0.15) is 5.75 Å². The van der Waals surface area contributed by atoms with Gasteiger partial charge in [-0.25, -0.2) is 0 Å². The van der Waals surface area contributed by atoms with Gasteiger partial charge in [-0.3, -0.25) is 0 Å². The largest absolute Gasteiger partial charge is 0.497 e. The van der Waals surface area contributed by atoms with Crippen LogP contribution in [0.2, 0.25) is 0 Å². The first kappa shape index (κ1) is 20.4. The van der Waals surface area contributed by atoms with Crippen LogP contribution >= 0.6 is 0 Å². The Labute approximate surface area is 182 Å². The molecule has 0 aliphatic heterocycles. The lowest BCUT2D eigenvalue weighted by Gasteiger charge is -2.16. The molecule has 0 saturated carbocycles. The summed E-state index contributed by atoms with van der Waals surface area (Å²) in [6, 6.07) is 19.8. The third kappa shape index (κ3) is 4.21. The number of hydrogen-bond acceptors (Lipinski definition) is 3. The highest BCUT2D eigenvalue weighted by molar-refractivity contribution is 6.09. The van der Waals surface area contributed by atoms with Gasteiger partial charge in [0.05, 0.1) is 19.8 Å². The molecule has 1 atom stereocenters. The van der Waals surface area contributed by atoms with Gasteiger partial charge in [-0.1, -0.05) is 17.9 Å². The van der Waals surface area contributed by atoms with E-state index in [1.807, 2.05) is 55.5 Å². The van der Waals surface area contributed by atoms with Gasteiger partial charge in [0.2, 0.25) is 0 Å². The van der Waals surface area contributed by atoms with Crippen LogP contribution in [0.3, 0.4) is 0 Å². The predicted molar refractivity (Wildman–Crippen MR) is 127 cm³/mol.